The molecule has 52 valence electrons. The molecule has 0 aliphatic carbocycles. The third kappa shape index (κ3) is 1.93. The van der Waals surface area contributed by atoms with Crippen molar-refractivity contribution in [3.05, 3.63) is 23.9 Å². The Morgan fingerprint density at radius 3 is 2.80 bits per heavy atom. The Labute approximate surface area is 73.0 Å². The van der Waals surface area contributed by atoms with Gasteiger partial charge in [0.15, 0.2) is 0 Å². The van der Waals surface area contributed by atoms with E-state index in [0.717, 1.165) is 5.56 Å². The number of aryl methyl sites for hydroxylation is 1. The van der Waals surface area contributed by atoms with Crippen molar-refractivity contribution in [1.29, 1.82) is 0 Å². The van der Waals surface area contributed by atoms with Crippen LogP contribution in [-0.4, -0.2) is 9.83 Å². The summed E-state index contributed by atoms with van der Waals surface area (Å²) >= 11 is 1.70. The first-order valence-corrected chi connectivity index (χ1v) is 4.15. The van der Waals surface area contributed by atoms with Crippen molar-refractivity contribution >= 4 is 32.8 Å². The molecular formula is C6H6BFIN. The number of halogens is 2. The van der Waals surface area contributed by atoms with Crippen LogP contribution in [0.25, 0.3) is 0 Å². The van der Waals surface area contributed by atoms with Gasteiger partial charge in [-0.05, 0) is 24.6 Å². The van der Waals surface area contributed by atoms with Crippen LogP contribution in [0.1, 0.15) is 5.56 Å². The highest BCUT2D eigenvalue weighted by molar-refractivity contribution is 14.1. The van der Waals surface area contributed by atoms with Crippen molar-refractivity contribution in [1.82, 2.24) is 4.98 Å². The second-order valence-electron chi connectivity index (χ2n) is 2.06. The van der Waals surface area contributed by atoms with Crippen LogP contribution >= 0.6 is 22.4 Å². The van der Waals surface area contributed by atoms with Gasteiger partial charge >= 0.3 is 4.85 Å². The van der Waals surface area contributed by atoms with Crippen LogP contribution in [0.2, 0.25) is 0 Å². The van der Waals surface area contributed by atoms with Gasteiger partial charge in [0.25, 0.3) is 0 Å². The van der Waals surface area contributed by atoms with E-state index < -0.39 is 4.85 Å². The Hall–Kier alpha value is -0.125. The number of hydrogen-bond acceptors (Lipinski definition) is 1. The number of rotatable bonds is 1. The molecule has 10 heavy (non-hydrogen) atoms. The normalized spacial score (nSPS) is 9.50. The van der Waals surface area contributed by atoms with Crippen LogP contribution in [0.5, 0.6) is 0 Å². The fourth-order valence-corrected chi connectivity index (χ4v) is 1.02. The zero-order valence-electron chi connectivity index (χ0n) is 5.51. The predicted molar refractivity (Wildman–Crippen MR) is 49.5 cm³/mol. The summed E-state index contributed by atoms with van der Waals surface area (Å²) in [5.74, 6) is 0. The topological polar surface area (TPSA) is 12.9 Å². The maximum absolute atomic E-state index is 12.5. The van der Waals surface area contributed by atoms with Crippen molar-refractivity contribution in [3.63, 3.8) is 0 Å². The van der Waals surface area contributed by atoms with Crippen LogP contribution in [0.3, 0.4) is 0 Å². The molecule has 0 N–H and O–H groups in total. The second-order valence-corrected chi connectivity index (χ2v) is 3.15. The van der Waals surface area contributed by atoms with Gasteiger partial charge in [0.1, 0.15) is 0 Å². The third-order valence-corrected chi connectivity index (χ3v) is 1.80. The van der Waals surface area contributed by atoms with E-state index in [1.165, 1.54) is 0 Å². The maximum Gasteiger partial charge on any atom is 0.467 e. The molecule has 0 aliphatic heterocycles. The lowest BCUT2D eigenvalue weighted by atomic mass is 9.97. The fraction of sp³-hybridized carbons (Fsp3) is 0.167. The van der Waals surface area contributed by atoms with Crippen LogP contribution in [0.4, 0.5) is 4.32 Å². The highest BCUT2D eigenvalue weighted by Gasteiger charge is 2.12. The Kier molecular flexibility index (Phi) is 2.65. The zero-order valence-corrected chi connectivity index (χ0v) is 7.67. The van der Waals surface area contributed by atoms with Gasteiger partial charge in [0, 0.05) is 6.20 Å². The van der Waals surface area contributed by atoms with Crippen LogP contribution < -0.4 is 5.59 Å². The van der Waals surface area contributed by atoms with Crippen molar-refractivity contribution in [2.75, 3.05) is 0 Å². The SMILES string of the molecule is Cc1ccnc(B(F)I)c1. The smallest absolute Gasteiger partial charge is 0.312 e. The zero-order chi connectivity index (χ0) is 7.56. The molecule has 1 nitrogen and oxygen atoms in total. The van der Waals surface area contributed by atoms with Crippen molar-refractivity contribution < 1.29 is 4.32 Å². The first kappa shape index (κ1) is 7.98. The summed E-state index contributed by atoms with van der Waals surface area (Å²) in [4.78, 5) is 2.87. The molecule has 0 radical (unpaired) electrons. The molecular weight excluding hydrogens is 243 g/mol. The summed E-state index contributed by atoms with van der Waals surface area (Å²) in [6.45, 7) is 1.92. The molecule has 0 saturated heterocycles. The predicted octanol–water partition coefficient (Wildman–Crippen LogP) is 1.49. The molecule has 0 amide bonds. The lowest BCUT2D eigenvalue weighted by Crippen LogP contribution is -2.22. The largest absolute Gasteiger partial charge is 0.467 e. The highest BCUT2D eigenvalue weighted by Crippen LogP contribution is 1.97. The van der Waals surface area contributed by atoms with E-state index in [0.29, 0.717) is 5.59 Å². The maximum atomic E-state index is 12.5. The van der Waals surface area contributed by atoms with Gasteiger partial charge in [0.2, 0.25) is 0 Å². The monoisotopic (exact) mass is 249 g/mol. The first-order valence-electron chi connectivity index (χ1n) is 2.91. The molecule has 1 aromatic rings. The van der Waals surface area contributed by atoms with Crippen molar-refractivity contribution in [2.24, 2.45) is 0 Å². The van der Waals surface area contributed by atoms with Gasteiger partial charge in [0.05, 0.1) is 5.59 Å². The minimum absolute atomic E-state index is 0.501. The molecule has 0 atom stereocenters. The van der Waals surface area contributed by atoms with Gasteiger partial charge in [-0.3, -0.25) is 4.98 Å². The van der Waals surface area contributed by atoms with Gasteiger partial charge in [-0.25, -0.2) is 0 Å². The van der Waals surface area contributed by atoms with Gasteiger partial charge in [-0.15, -0.1) is 0 Å². The Morgan fingerprint density at radius 1 is 1.70 bits per heavy atom. The lowest BCUT2D eigenvalue weighted by molar-refractivity contribution is 0.877. The van der Waals surface area contributed by atoms with E-state index in [9.17, 15) is 4.32 Å². The first-order chi connectivity index (χ1) is 4.70. The van der Waals surface area contributed by atoms with E-state index in [1.807, 2.05) is 13.0 Å². The Bertz CT molecular complexity index is 229. The van der Waals surface area contributed by atoms with Gasteiger partial charge < -0.3 is 4.32 Å². The second kappa shape index (κ2) is 3.32. The minimum atomic E-state index is -0.988. The summed E-state index contributed by atoms with van der Waals surface area (Å²) in [6, 6.07) is 3.60. The van der Waals surface area contributed by atoms with E-state index >= 15 is 0 Å². The molecule has 0 saturated carbocycles. The summed E-state index contributed by atoms with van der Waals surface area (Å²) < 4.78 is 12.5. The highest BCUT2D eigenvalue weighted by atomic mass is 127. The average molecular weight is 249 g/mol. The lowest BCUT2D eigenvalue weighted by Gasteiger charge is -1.95. The van der Waals surface area contributed by atoms with E-state index in [-0.39, 0.29) is 0 Å². The molecule has 1 aromatic heterocycles. The number of pyridine rings is 1. The van der Waals surface area contributed by atoms with Crippen LogP contribution in [-0.2, 0) is 0 Å². The number of nitrogens with zero attached hydrogens (tertiary/aromatic N) is 1. The molecule has 4 heteroatoms. The number of aromatic nitrogens is 1. The molecule has 1 heterocycles. The molecule has 0 unspecified atom stereocenters. The standard InChI is InChI=1S/C6H6BFIN/c1-5-2-3-10-6(4-5)7(8)9/h2-4H,1H3. The molecule has 1 rings (SSSR count). The quantitative estimate of drug-likeness (QED) is 0.542. The van der Waals surface area contributed by atoms with Crippen molar-refractivity contribution in [3.8, 4) is 0 Å². The third-order valence-electron chi connectivity index (χ3n) is 1.16. The van der Waals surface area contributed by atoms with Crippen LogP contribution in [0.15, 0.2) is 18.3 Å². The minimum Gasteiger partial charge on any atom is -0.312 e. The molecule has 0 aliphatic rings. The Balaban J connectivity index is 2.96. The molecule has 0 fully saturated rings. The van der Waals surface area contributed by atoms with Crippen molar-refractivity contribution in [2.45, 2.75) is 6.92 Å². The summed E-state index contributed by atoms with van der Waals surface area (Å²) in [6.07, 6.45) is 1.62. The molecule has 0 bridgehead atoms. The molecule has 0 spiro atoms. The van der Waals surface area contributed by atoms with Gasteiger partial charge in [-0.1, -0.05) is 22.4 Å². The summed E-state index contributed by atoms with van der Waals surface area (Å²) in [5.41, 5.74) is 1.55. The number of hydrogen-bond donors (Lipinski definition) is 0. The molecule has 0 aromatic carbocycles. The van der Waals surface area contributed by atoms with Gasteiger partial charge in [-0.2, -0.15) is 0 Å². The average Bonchev–Trinajstić information content (AvgIpc) is 1.88. The van der Waals surface area contributed by atoms with E-state index in [1.54, 1.807) is 34.6 Å². The summed E-state index contributed by atoms with van der Waals surface area (Å²) in [7, 11) is 0. The van der Waals surface area contributed by atoms with Crippen LogP contribution in [0, 0.1) is 6.92 Å². The Morgan fingerprint density at radius 2 is 2.40 bits per heavy atom. The summed E-state index contributed by atoms with van der Waals surface area (Å²) in [5, 5.41) is 0. The fourth-order valence-electron chi connectivity index (χ4n) is 0.679. The van der Waals surface area contributed by atoms with E-state index in [4.69, 9.17) is 0 Å². The van der Waals surface area contributed by atoms with E-state index in [2.05, 4.69) is 4.98 Å².